The average molecular weight is 273 g/mol. The van der Waals surface area contributed by atoms with Gasteiger partial charge in [0.1, 0.15) is 5.60 Å². The number of carbonyl (C=O) groups is 1. The molecule has 0 aliphatic heterocycles. The molecule has 2 N–H and O–H groups in total. The lowest BCUT2D eigenvalue weighted by Crippen LogP contribution is -2.32. The number of phenolic OH excluding ortho intramolecular Hbond substituents is 1. The van der Waals surface area contributed by atoms with Crippen LogP contribution >= 0.6 is 0 Å². The van der Waals surface area contributed by atoms with E-state index in [0.717, 1.165) is 6.07 Å². The molecule has 0 atom stereocenters. The predicted octanol–water partition coefficient (Wildman–Crippen LogP) is 3.00. The molecule has 0 saturated carbocycles. The summed E-state index contributed by atoms with van der Waals surface area (Å²) in [5.41, 5.74) is -0.335. The summed E-state index contributed by atoms with van der Waals surface area (Å²) in [6.45, 7) is 6.42. The van der Waals surface area contributed by atoms with E-state index in [1.165, 1.54) is 6.92 Å². The van der Waals surface area contributed by atoms with Crippen LogP contribution in [0.1, 0.15) is 31.9 Å². The van der Waals surface area contributed by atoms with E-state index in [1.807, 2.05) is 0 Å². The molecule has 0 spiro atoms. The Hall–Kier alpha value is -1.85. The van der Waals surface area contributed by atoms with Crippen LogP contribution in [0.4, 0.5) is 13.6 Å². The third-order valence-corrected chi connectivity index (χ3v) is 2.37. The fourth-order valence-electron chi connectivity index (χ4n) is 1.42. The Bertz CT molecular complexity index is 496. The van der Waals surface area contributed by atoms with Gasteiger partial charge in [0.15, 0.2) is 17.4 Å². The van der Waals surface area contributed by atoms with E-state index in [4.69, 9.17) is 9.84 Å². The first-order valence-corrected chi connectivity index (χ1v) is 5.75. The molecule has 0 aliphatic rings. The van der Waals surface area contributed by atoms with Crippen LogP contribution in [0.2, 0.25) is 0 Å². The van der Waals surface area contributed by atoms with Gasteiger partial charge >= 0.3 is 6.09 Å². The summed E-state index contributed by atoms with van der Waals surface area (Å²) in [6.07, 6.45) is -0.680. The summed E-state index contributed by atoms with van der Waals surface area (Å²) in [7, 11) is 0. The molecule has 1 rings (SSSR count). The predicted molar refractivity (Wildman–Crippen MR) is 65.8 cm³/mol. The lowest BCUT2D eigenvalue weighted by Gasteiger charge is -2.20. The number of amides is 1. The molecule has 19 heavy (non-hydrogen) atoms. The summed E-state index contributed by atoms with van der Waals surface area (Å²) in [5, 5.41) is 11.5. The van der Waals surface area contributed by atoms with Crippen molar-refractivity contribution in [2.45, 2.75) is 39.8 Å². The van der Waals surface area contributed by atoms with E-state index >= 15 is 0 Å². The van der Waals surface area contributed by atoms with Crippen LogP contribution < -0.4 is 5.32 Å². The first kappa shape index (κ1) is 15.2. The Kier molecular flexibility index (Phi) is 4.34. The molecule has 1 aromatic rings. The van der Waals surface area contributed by atoms with E-state index in [9.17, 15) is 13.6 Å². The normalized spacial score (nSPS) is 11.3. The molecule has 0 aliphatic carbocycles. The van der Waals surface area contributed by atoms with E-state index in [0.29, 0.717) is 0 Å². The van der Waals surface area contributed by atoms with Crippen molar-refractivity contribution in [3.63, 3.8) is 0 Å². The first-order chi connectivity index (χ1) is 8.61. The number of halogens is 2. The molecule has 0 radical (unpaired) electrons. The van der Waals surface area contributed by atoms with Gasteiger partial charge in [-0.15, -0.1) is 0 Å². The van der Waals surface area contributed by atoms with Gasteiger partial charge in [-0.2, -0.15) is 0 Å². The second kappa shape index (κ2) is 5.42. The maximum Gasteiger partial charge on any atom is 0.407 e. The minimum atomic E-state index is -1.07. The van der Waals surface area contributed by atoms with Crippen molar-refractivity contribution in [3.8, 4) is 5.75 Å². The number of ether oxygens (including phenoxy) is 1. The van der Waals surface area contributed by atoms with Crippen molar-refractivity contribution in [1.29, 1.82) is 0 Å². The van der Waals surface area contributed by atoms with Gasteiger partial charge in [0.05, 0.1) is 0 Å². The Morgan fingerprint density at radius 2 is 2.00 bits per heavy atom. The number of hydrogen-bond donors (Lipinski definition) is 2. The van der Waals surface area contributed by atoms with E-state index in [-0.39, 0.29) is 17.7 Å². The zero-order valence-electron chi connectivity index (χ0n) is 11.3. The quantitative estimate of drug-likeness (QED) is 0.870. The fraction of sp³-hybridized carbons (Fsp3) is 0.462. The molecule has 4 nitrogen and oxygen atoms in total. The van der Waals surface area contributed by atoms with Crippen molar-refractivity contribution in [3.05, 3.63) is 28.8 Å². The molecule has 0 heterocycles. The molecule has 6 heteroatoms. The molecule has 0 fully saturated rings. The summed E-state index contributed by atoms with van der Waals surface area (Å²) in [6, 6.07) is 0.977. The van der Waals surface area contributed by atoms with Gasteiger partial charge in [-0.3, -0.25) is 0 Å². The highest BCUT2D eigenvalue weighted by Crippen LogP contribution is 2.25. The zero-order chi connectivity index (χ0) is 14.8. The van der Waals surface area contributed by atoms with Crippen molar-refractivity contribution >= 4 is 6.09 Å². The van der Waals surface area contributed by atoms with Crippen LogP contribution in [0.15, 0.2) is 6.07 Å². The molecule has 0 unspecified atom stereocenters. The van der Waals surface area contributed by atoms with Gasteiger partial charge in [0, 0.05) is 6.54 Å². The minimum Gasteiger partial charge on any atom is -0.503 e. The summed E-state index contributed by atoms with van der Waals surface area (Å²) in [4.78, 5) is 11.4. The van der Waals surface area contributed by atoms with E-state index < -0.39 is 29.1 Å². The number of alkyl carbamates (subject to hydrolysis) is 1. The Balaban J connectivity index is 2.77. The molecule has 1 aromatic carbocycles. The summed E-state index contributed by atoms with van der Waals surface area (Å²) < 4.78 is 31.6. The van der Waals surface area contributed by atoms with Crippen LogP contribution in [0.25, 0.3) is 0 Å². The maximum absolute atomic E-state index is 13.4. The zero-order valence-corrected chi connectivity index (χ0v) is 11.3. The molecule has 106 valence electrons. The molecule has 0 aromatic heterocycles. The number of phenols is 1. The standard InChI is InChI=1S/C13H17F2NO3/c1-7-8(5-9(14)11(17)10(7)15)6-16-12(18)19-13(2,3)4/h5,17H,6H2,1-4H3,(H,16,18). The average Bonchev–Trinajstić information content (AvgIpc) is 2.27. The number of aromatic hydroxyl groups is 1. The van der Waals surface area contributed by atoms with E-state index in [1.54, 1.807) is 20.8 Å². The van der Waals surface area contributed by atoms with E-state index in [2.05, 4.69) is 5.32 Å². The molecule has 0 bridgehead atoms. The topological polar surface area (TPSA) is 58.6 Å². The second-order valence-corrected chi connectivity index (χ2v) is 5.16. The van der Waals surface area contributed by atoms with Gasteiger partial charge in [0.2, 0.25) is 0 Å². The van der Waals surface area contributed by atoms with Gasteiger partial charge in [-0.1, -0.05) is 0 Å². The smallest absolute Gasteiger partial charge is 0.407 e. The lowest BCUT2D eigenvalue weighted by molar-refractivity contribution is 0.0523. The third-order valence-electron chi connectivity index (χ3n) is 2.37. The van der Waals surface area contributed by atoms with Crippen molar-refractivity contribution in [2.24, 2.45) is 0 Å². The molecular formula is C13H17F2NO3. The van der Waals surface area contributed by atoms with Crippen LogP contribution in [0.3, 0.4) is 0 Å². The van der Waals surface area contributed by atoms with Gasteiger partial charge < -0.3 is 15.2 Å². The molecule has 0 saturated heterocycles. The van der Waals surface area contributed by atoms with Gasteiger partial charge in [-0.25, -0.2) is 13.6 Å². The first-order valence-electron chi connectivity index (χ1n) is 5.75. The summed E-state index contributed by atoms with van der Waals surface area (Å²) in [5.74, 6) is -3.11. The SMILES string of the molecule is Cc1c(CNC(=O)OC(C)(C)C)cc(F)c(O)c1F. The Morgan fingerprint density at radius 1 is 1.42 bits per heavy atom. The monoisotopic (exact) mass is 273 g/mol. The highest BCUT2D eigenvalue weighted by Gasteiger charge is 2.18. The fourth-order valence-corrected chi connectivity index (χ4v) is 1.42. The van der Waals surface area contributed by atoms with Crippen LogP contribution in [0, 0.1) is 18.6 Å². The second-order valence-electron chi connectivity index (χ2n) is 5.16. The summed E-state index contributed by atoms with van der Waals surface area (Å²) >= 11 is 0. The van der Waals surface area contributed by atoms with Gasteiger partial charge in [-0.05, 0) is 44.9 Å². The number of carbonyl (C=O) groups excluding carboxylic acids is 1. The number of nitrogens with one attached hydrogen (secondary N) is 1. The maximum atomic E-state index is 13.4. The number of rotatable bonds is 2. The largest absolute Gasteiger partial charge is 0.503 e. The lowest BCUT2D eigenvalue weighted by atomic mass is 10.1. The number of benzene rings is 1. The van der Waals surface area contributed by atoms with Crippen LogP contribution in [0.5, 0.6) is 5.75 Å². The van der Waals surface area contributed by atoms with Crippen molar-refractivity contribution < 1.29 is 23.4 Å². The number of hydrogen-bond acceptors (Lipinski definition) is 3. The molecular weight excluding hydrogens is 256 g/mol. The molecule has 1 amide bonds. The van der Waals surface area contributed by atoms with Crippen molar-refractivity contribution in [1.82, 2.24) is 5.32 Å². The minimum absolute atomic E-state index is 0.0787. The van der Waals surface area contributed by atoms with Crippen LogP contribution in [-0.4, -0.2) is 16.8 Å². The highest BCUT2D eigenvalue weighted by molar-refractivity contribution is 5.67. The Labute approximate surface area is 110 Å². The van der Waals surface area contributed by atoms with Crippen molar-refractivity contribution in [2.75, 3.05) is 0 Å². The highest BCUT2D eigenvalue weighted by atomic mass is 19.1. The van der Waals surface area contributed by atoms with Crippen LogP contribution in [-0.2, 0) is 11.3 Å². The Morgan fingerprint density at radius 3 is 2.53 bits per heavy atom. The third kappa shape index (κ3) is 4.08. The van der Waals surface area contributed by atoms with Gasteiger partial charge in [0.25, 0.3) is 0 Å².